The highest BCUT2D eigenvalue weighted by Crippen LogP contribution is 2.48. The van der Waals surface area contributed by atoms with E-state index in [0.29, 0.717) is 41.5 Å². The molecule has 35 heavy (non-hydrogen) atoms. The Morgan fingerprint density at radius 2 is 1.71 bits per heavy atom. The standard InChI is InChI=1S/C20H24FN3OS2.C4H4O4/c1-13(2)23(14(3)4)10-11-26-20(25)24-16-12-15(21)7-8-17(16)27-18-6-5-9-22-19(18)24;5-3(6)1-2-4(7)8/h5-9,12-14H,10-11H2,1-4H3;1-2H,(H,5,6)(H,7,8)/b;2-1-. The second kappa shape index (κ2) is 13.3. The van der Waals surface area contributed by atoms with Crippen LogP contribution in [0.4, 0.5) is 20.7 Å². The Labute approximate surface area is 212 Å². The van der Waals surface area contributed by atoms with Crippen LogP contribution in [0.15, 0.2) is 58.5 Å². The van der Waals surface area contributed by atoms with Crippen LogP contribution < -0.4 is 4.90 Å². The lowest BCUT2D eigenvalue weighted by Gasteiger charge is -2.31. The largest absolute Gasteiger partial charge is 0.478 e. The maximum absolute atomic E-state index is 13.9. The number of rotatable bonds is 7. The Bertz CT molecular complexity index is 1070. The molecule has 0 atom stereocenters. The summed E-state index contributed by atoms with van der Waals surface area (Å²) in [5.41, 5.74) is 0.563. The van der Waals surface area contributed by atoms with E-state index in [0.717, 1.165) is 16.3 Å². The molecule has 2 heterocycles. The molecule has 2 aromatic rings. The molecule has 0 bridgehead atoms. The number of aliphatic carboxylic acids is 2. The van der Waals surface area contributed by atoms with Crippen LogP contribution in [0.25, 0.3) is 0 Å². The molecule has 1 aromatic carbocycles. The third-order valence-corrected chi connectivity index (χ3v) is 6.72. The van der Waals surface area contributed by atoms with E-state index in [9.17, 15) is 18.8 Å². The van der Waals surface area contributed by atoms with E-state index >= 15 is 0 Å². The number of nitrogens with zero attached hydrogens (tertiary/aromatic N) is 3. The molecule has 11 heteroatoms. The normalized spacial score (nSPS) is 12.4. The van der Waals surface area contributed by atoms with Crippen molar-refractivity contribution in [3.05, 3.63) is 54.5 Å². The van der Waals surface area contributed by atoms with Crippen LogP contribution in [0.5, 0.6) is 0 Å². The summed E-state index contributed by atoms with van der Waals surface area (Å²) >= 11 is 2.76. The molecular weight excluding hydrogens is 493 g/mol. The van der Waals surface area contributed by atoms with E-state index < -0.39 is 11.9 Å². The van der Waals surface area contributed by atoms with E-state index in [-0.39, 0.29) is 11.1 Å². The van der Waals surface area contributed by atoms with Gasteiger partial charge in [-0.2, -0.15) is 0 Å². The predicted octanol–water partition coefficient (Wildman–Crippen LogP) is 5.51. The minimum absolute atomic E-state index is 0.130. The van der Waals surface area contributed by atoms with Crippen LogP contribution in [0.3, 0.4) is 0 Å². The molecule has 3 rings (SSSR count). The summed E-state index contributed by atoms with van der Waals surface area (Å²) in [4.78, 5) is 42.2. The Morgan fingerprint density at radius 1 is 1.09 bits per heavy atom. The second-order valence-corrected chi connectivity index (χ2v) is 10.1. The number of fused-ring (bicyclic) bond motifs is 2. The molecule has 0 aliphatic carbocycles. The Balaban J connectivity index is 0.000000466. The lowest BCUT2D eigenvalue weighted by atomic mass is 10.2. The minimum atomic E-state index is -1.26. The smallest absolute Gasteiger partial charge is 0.328 e. The van der Waals surface area contributed by atoms with Crippen molar-refractivity contribution in [3.8, 4) is 0 Å². The van der Waals surface area contributed by atoms with Crippen molar-refractivity contribution in [2.45, 2.75) is 49.6 Å². The zero-order valence-corrected chi connectivity index (χ0v) is 21.5. The van der Waals surface area contributed by atoms with Gasteiger partial charge in [0.05, 0.1) is 10.6 Å². The topological polar surface area (TPSA) is 111 Å². The van der Waals surface area contributed by atoms with Gasteiger partial charge in [0, 0.05) is 47.6 Å². The van der Waals surface area contributed by atoms with E-state index in [1.165, 1.54) is 35.7 Å². The van der Waals surface area contributed by atoms with E-state index in [2.05, 4.69) is 37.6 Å². The number of hydrogen-bond donors (Lipinski definition) is 2. The molecule has 0 spiro atoms. The van der Waals surface area contributed by atoms with Gasteiger partial charge in [-0.1, -0.05) is 23.5 Å². The molecule has 188 valence electrons. The van der Waals surface area contributed by atoms with Crippen LogP contribution in [-0.4, -0.2) is 61.7 Å². The predicted molar refractivity (Wildman–Crippen MR) is 136 cm³/mol. The number of carbonyl (C=O) groups excluding carboxylic acids is 1. The van der Waals surface area contributed by atoms with E-state index in [1.54, 1.807) is 17.2 Å². The molecule has 0 radical (unpaired) electrons. The second-order valence-electron chi connectivity index (χ2n) is 7.92. The molecule has 2 N–H and O–H groups in total. The van der Waals surface area contributed by atoms with Crippen molar-refractivity contribution in [3.63, 3.8) is 0 Å². The molecule has 0 saturated carbocycles. The average Bonchev–Trinajstić information content (AvgIpc) is 2.78. The van der Waals surface area contributed by atoms with Gasteiger partial charge in [-0.3, -0.25) is 14.6 Å². The molecule has 1 aliphatic rings. The number of carboxylic acids is 2. The van der Waals surface area contributed by atoms with Gasteiger partial charge in [-0.25, -0.2) is 19.0 Å². The van der Waals surface area contributed by atoms with Gasteiger partial charge in [-0.15, -0.1) is 0 Å². The lowest BCUT2D eigenvalue weighted by molar-refractivity contribution is -0.134. The SMILES string of the molecule is CC(C)N(CCSC(=O)N1c2cc(F)ccc2Sc2cccnc21)C(C)C.O=C(O)/C=C\C(=O)O. The maximum atomic E-state index is 13.9. The fourth-order valence-electron chi connectivity index (χ4n) is 3.36. The highest BCUT2D eigenvalue weighted by Gasteiger charge is 2.30. The molecule has 0 unspecified atom stereocenters. The summed E-state index contributed by atoms with van der Waals surface area (Å²) in [5, 5.41) is 15.5. The number of aromatic nitrogens is 1. The van der Waals surface area contributed by atoms with Gasteiger partial charge in [0.15, 0.2) is 5.82 Å². The van der Waals surface area contributed by atoms with Crippen LogP contribution in [-0.2, 0) is 9.59 Å². The number of hydrogen-bond acceptors (Lipinski definition) is 7. The van der Waals surface area contributed by atoms with Crippen LogP contribution in [0.2, 0.25) is 0 Å². The number of anilines is 2. The molecule has 1 amide bonds. The zero-order valence-electron chi connectivity index (χ0n) is 19.8. The quantitative estimate of drug-likeness (QED) is 0.456. The van der Waals surface area contributed by atoms with Crippen LogP contribution in [0, 0.1) is 5.82 Å². The van der Waals surface area contributed by atoms with Crippen molar-refractivity contribution in [2.75, 3.05) is 17.2 Å². The third kappa shape index (κ3) is 8.37. The lowest BCUT2D eigenvalue weighted by Crippen LogP contribution is -2.39. The van der Waals surface area contributed by atoms with E-state index in [1.807, 2.05) is 12.1 Å². The number of halogens is 1. The minimum Gasteiger partial charge on any atom is -0.478 e. The first kappa shape index (κ1) is 28.3. The van der Waals surface area contributed by atoms with Crippen molar-refractivity contribution < 1.29 is 29.0 Å². The fourth-order valence-corrected chi connectivity index (χ4v) is 5.16. The Kier molecular flexibility index (Phi) is 10.7. The molecule has 0 saturated heterocycles. The summed E-state index contributed by atoms with van der Waals surface area (Å²) in [6.07, 6.45) is 2.78. The summed E-state index contributed by atoms with van der Waals surface area (Å²) in [5.74, 6) is -1.63. The Hall–Kier alpha value is -2.89. The number of benzene rings is 1. The summed E-state index contributed by atoms with van der Waals surface area (Å²) in [6.45, 7) is 9.46. The zero-order chi connectivity index (χ0) is 26.1. The van der Waals surface area contributed by atoms with Gasteiger partial charge < -0.3 is 10.2 Å². The number of amides is 1. The first-order chi connectivity index (χ1) is 16.5. The molecule has 8 nitrogen and oxygen atoms in total. The van der Waals surface area contributed by atoms with Crippen LogP contribution in [0.1, 0.15) is 27.7 Å². The van der Waals surface area contributed by atoms with Crippen molar-refractivity contribution in [2.24, 2.45) is 0 Å². The first-order valence-electron chi connectivity index (χ1n) is 10.8. The van der Waals surface area contributed by atoms with E-state index in [4.69, 9.17) is 10.2 Å². The Morgan fingerprint density at radius 3 is 2.29 bits per heavy atom. The summed E-state index contributed by atoms with van der Waals surface area (Å²) in [6, 6.07) is 9.17. The molecule has 1 aromatic heterocycles. The van der Waals surface area contributed by atoms with Gasteiger partial charge in [0.25, 0.3) is 5.24 Å². The van der Waals surface area contributed by atoms with Gasteiger partial charge in [-0.05, 0) is 58.0 Å². The maximum Gasteiger partial charge on any atom is 0.328 e. The van der Waals surface area contributed by atoms with Crippen molar-refractivity contribution >= 4 is 52.2 Å². The summed E-state index contributed by atoms with van der Waals surface area (Å²) < 4.78 is 13.9. The third-order valence-electron chi connectivity index (χ3n) is 4.80. The van der Waals surface area contributed by atoms with Crippen molar-refractivity contribution in [1.29, 1.82) is 0 Å². The molecule has 0 fully saturated rings. The fraction of sp³-hybridized carbons (Fsp3) is 0.333. The molecule has 1 aliphatic heterocycles. The van der Waals surface area contributed by atoms with Gasteiger partial charge >= 0.3 is 11.9 Å². The van der Waals surface area contributed by atoms with Crippen molar-refractivity contribution in [1.82, 2.24) is 9.88 Å². The number of carboxylic acid groups (broad SMARTS) is 2. The first-order valence-corrected chi connectivity index (χ1v) is 12.6. The van der Waals surface area contributed by atoms with Gasteiger partial charge in [0.2, 0.25) is 0 Å². The average molecular weight is 522 g/mol. The highest BCUT2D eigenvalue weighted by atomic mass is 32.2. The monoisotopic (exact) mass is 521 g/mol. The number of pyridine rings is 1. The van der Waals surface area contributed by atoms with Crippen LogP contribution >= 0.6 is 23.5 Å². The number of thioether (sulfide) groups is 1. The summed E-state index contributed by atoms with van der Waals surface area (Å²) in [7, 11) is 0. The highest BCUT2D eigenvalue weighted by molar-refractivity contribution is 8.14. The number of carbonyl (C=O) groups is 3. The molecular formula is C24H28FN3O5S2. The van der Waals surface area contributed by atoms with Gasteiger partial charge in [0.1, 0.15) is 5.82 Å².